The maximum Gasteiger partial charge on any atom is 0.259 e. The highest BCUT2D eigenvalue weighted by atomic mass is 16.5. The molecule has 0 heterocycles. The lowest BCUT2D eigenvalue weighted by atomic mass is 10.1. The largest absolute Gasteiger partial charge is 0.495 e. The highest BCUT2D eigenvalue weighted by Crippen LogP contribution is 2.40. The van der Waals surface area contributed by atoms with Gasteiger partial charge in [-0.15, -0.1) is 0 Å². The van der Waals surface area contributed by atoms with Crippen LogP contribution in [0.3, 0.4) is 0 Å². The molecule has 0 aliphatic heterocycles. The van der Waals surface area contributed by atoms with Crippen LogP contribution in [0.15, 0.2) is 30.3 Å². The summed E-state index contributed by atoms with van der Waals surface area (Å²) in [4.78, 5) is 12.7. The number of carbonyl (C=O) groups is 1. The standard InChI is InChI=1S/C18H21NO5/c1-11-6-8-14(21-2)13(10-11)19-18(20)12-7-9-15(22-3)17(24-5)16(12)23-4/h6-10H,1-5H3,(H,19,20). The lowest BCUT2D eigenvalue weighted by Gasteiger charge is -2.16. The van der Waals surface area contributed by atoms with Gasteiger partial charge in [-0.1, -0.05) is 6.07 Å². The summed E-state index contributed by atoms with van der Waals surface area (Å²) < 4.78 is 21.2. The van der Waals surface area contributed by atoms with Crippen LogP contribution in [0.1, 0.15) is 15.9 Å². The van der Waals surface area contributed by atoms with Crippen LogP contribution >= 0.6 is 0 Å². The number of hydrogen-bond acceptors (Lipinski definition) is 5. The van der Waals surface area contributed by atoms with E-state index in [4.69, 9.17) is 18.9 Å². The number of rotatable bonds is 6. The summed E-state index contributed by atoms with van der Waals surface area (Å²) in [6.45, 7) is 1.94. The summed E-state index contributed by atoms with van der Waals surface area (Å²) in [5.41, 5.74) is 1.92. The smallest absolute Gasteiger partial charge is 0.259 e. The van der Waals surface area contributed by atoms with E-state index in [1.807, 2.05) is 19.1 Å². The SMILES string of the molecule is COc1ccc(C)cc1NC(=O)c1ccc(OC)c(OC)c1OC. The third-order valence-electron chi connectivity index (χ3n) is 3.55. The van der Waals surface area contributed by atoms with Crippen LogP contribution < -0.4 is 24.3 Å². The van der Waals surface area contributed by atoms with Gasteiger partial charge in [-0.2, -0.15) is 0 Å². The topological polar surface area (TPSA) is 66.0 Å². The molecule has 1 amide bonds. The van der Waals surface area contributed by atoms with Crippen LogP contribution in [0.5, 0.6) is 23.0 Å². The second kappa shape index (κ2) is 7.59. The van der Waals surface area contributed by atoms with Gasteiger partial charge < -0.3 is 24.3 Å². The second-order valence-corrected chi connectivity index (χ2v) is 5.04. The lowest BCUT2D eigenvalue weighted by Crippen LogP contribution is -2.14. The fourth-order valence-corrected chi connectivity index (χ4v) is 2.39. The molecule has 2 rings (SSSR count). The van der Waals surface area contributed by atoms with Gasteiger partial charge in [-0.05, 0) is 36.8 Å². The zero-order valence-electron chi connectivity index (χ0n) is 14.4. The maximum atomic E-state index is 12.7. The quantitative estimate of drug-likeness (QED) is 0.880. The van der Waals surface area contributed by atoms with Gasteiger partial charge >= 0.3 is 0 Å². The first kappa shape index (κ1) is 17.5. The van der Waals surface area contributed by atoms with Crippen LogP contribution in [0.25, 0.3) is 0 Å². The molecule has 0 aliphatic rings. The summed E-state index contributed by atoms with van der Waals surface area (Å²) in [5.74, 6) is 1.40. The van der Waals surface area contributed by atoms with Crippen molar-refractivity contribution in [2.75, 3.05) is 33.8 Å². The first-order valence-electron chi connectivity index (χ1n) is 7.30. The summed E-state index contributed by atoms with van der Waals surface area (Å²) in [5, 5.41) is 2.84. The first-order valence-corrected chi connectivity index (χ1v) is 7.30. The molecule has 0 radical (unpaired) electrons. The average Bonchev–Trinajstić information content (AvgIpc) is 2.60. The Morgan fingerprint density at radius 2 is 1.46 bits per heavy atom. The van der Waals surface area contributed by atoms with Crippen molar-refractivity contribution in [3.8, 4) is 23.0 Å². The molecule has 6 heteroatoms. The zero-order valence-corrected chi connectivity index (χ0v) is 14.4. The Hall–Kier alpha value is -2.89. The molecule has 0 saturated heterocycles. The third-order valence-corrected chi connectivity index (χ3v) is 3.55. The van der Waals surface area contributed by atoms with Gasteiger partial charge in [0, 0.05) is 0 Å². The van der Waals surface area contributed by atoms with Crippen LogP contribution in [0.4, 0.5) is 5.69 Å². The highest BCUT2D eigenvalue weighted by molar-refractivity contribution is 6.07. The minimum atomic E-state index is -0.336. The number of benzene rings is 2. The number of nitrogens with one attached hydrogen (secondary N) is 1. The van der Waals surface area contributed by atoms with Crippen molar-refractivity contribution in [1.29, 1.82) is 0 Å². The van der Waals surface area contributed by atoms with Crippen LogP contribution in [-0.4, -0.2) is 34.3 Å². The monoisotopic (exact) mass is 331 g/mol. The van der Waals surface area contributed by atoms with Crippen molar-refractivity contribution in [2.24, 2.45) is 0 Å². The molecule has 0 aromatic heterocycles. The Balaban J connectivity index is 2.42. The molecule has 6 nitrogen and oxygen atoms in total. The van der Waals surface area contributed by atoms with Crippen molar-refractivity contribution in [3.63, 3.8) is 0 Å². The van der Waals surface area contributed by atoms with E-state index >= 15 is 0 Å². The van der Waals surface area contributed by atoms with Gasteiger partial charge in [0.15, 0.2) is 11.5 Å². The minimum Gasteiger partial charge on any atom is -0.495 e. The average molecular weight is 331 g/mol. The number of carbonyl (C=O) groups excluding carboxylic acids is 1. The maximum absolute atomic E-state index is 12.7. The minimum absolute atomic E-state index is 0.306. The van der Waals surface area contributed by atoms with Crippen molar-refractivity contribution in [3.05, 3.63) is 41.5 Å². The lowest BCUT2D eigenvalue weighted by molar-refractivity contribution is 0.102. The van der Waals surface area contributed by atoms with Gasteiger partial charge in [-0.25, -0.2) is 0 Å². The number of amides is 1. The Morgan fingerprint density at radius 3 is 2.04 bits per heavy atom. The van der Waals surface area contributed by atoms with E-state index < -0.39 is 0 Å². The van der Waals surface area contributed by atoms with Crippen LogP contribution in [-0.2, 0) is 0 Å². The summed E-state index contributed by atoms with van der Waals surface area (Å²) in [7, 11) is 6.04. The van der Waals surface area contributed by atoms with E-state index in [0.717, 1.165) is 5.56 Å². The Labute approximate surface area is 141 Å². The number of anilines is 1. The Kier molecular flexibility index (Phi) is 5.52. The van der Waals surface area contributed by atoms with Crippen molar-refractivity contribution >= 4 is 11.6 Å². The number of hydrogen-bond donors (Lipinski definition) is 1. The van der Waals surface area contributed by atoms with E-state index in [-0.39, 0.29) is 5.91 Å². The van der Waals surface area contributed by atoms with E-state index in [1.165, 1.54) is 21.3 Å². The predicted octanol–water partition coefficient (Wildman–Crippen LogP) is 3.28. The molecule has 0 aliphatic carbocycles. The molecule has 2 aromatic rings. The van der Waals surface area contributed by atoms with Gasteiger partial charge in [-0.3, -0.25) is 4.79 Å². The Bertz CT molecular complexity index is 742. The normalized spacial score (nSPS) is 10.0. The molecule has 0 saturated carbocycles. The van der Waals surface area contributed by atoms with Crippen LogP contribution in [0, 0.1) is 6.92 Å². The van der Waals surface area contributed by atoms with E-state index in [2.05, 4.69) is 5.32 Å². The van der Waals surface area contributed by atoms with E-state index in [0.29, 0.717) is 34.2 Å². The zero-order chi connectivity index (χ0) is 17.7. The molecule has 0 unspecified atom stereocenters. The van der Waals surface area contributed by atoms with Crippen LogP contribution in [0.2, 0.25) is 0 Å². The molecule has 24 heavy (non-hydrogen) atoms. The molecular formula is C18H21NO5. The summed E-state index contributed by atoms with van der Waals surface area (Å²) in [6, 6.07) is 8.83. The van der Waals surface area contributed by atoms with Gasteiger partial charge in [0.1, 0.15) is 5.75 Å². The predicted molar refractivity (Wildman–Crippen MR) is 91.8 cm³/mol. The molecule has 0 fully saturated rings. The Morgan fingerprint density at radius 1 is 0.833 bits per heavy atom. The van der Waals surface area contributed by atoms with Gasteiger partial charge in [0.2, 0.25) is 5.75 Å². The first-order chi connectivity index (χ1) is 11.5. The fourth-order valence-electron chi connectivity index (χ4n) is 2.39. The van der Waals surface area contributed by atoms with Crippen molar-refractivity contribution < 1.29 is 23.7 Å². The molecule has 128 valence electrons. The number of aryl methyl sites for hydroxylation is 1. The second-order valence-electron chi connectivity index (χ2n) is 5.04. The summed E-state index contributed by atoms with van der Waals surface area (Å²) in [6.07, 6.45) is 0. The molecule has 0 spiro atoms. The van der Waals surface area contributed by atoms with Gasteiger partial charge in [0.05, 0.1) is 39.7 Å². The molecule has 0 bridgehead atoms. The highest BCUT2D eigenvalue weighted by Gasteiger charge is 2.21. The molecule has 0 atom stereocenters. The molecule has 2 aromatic carbocycles. The summed E-state index contributed by atoms with van der Waals surface area (Å²) >= 11 is 0. The van der Waals surface area contributed by atoms with Crippen molar-refractivity contribution in [2.45, 2.75) is 6.92 Å². The van der Waals surface area contributed by atoms with Gasteiger partial charge in [0.25, 0.3) is 5.91 Å². The number of methoxy groups -OCH3 is 4. The van der Waals surface area contributed by atoms with Crippen molar-refractivity contribution in [1.82, 2.24) is 0 Å². The molecular weight excluding hydrogens is 310 g/mol. The van der Waals surface area contributed by atoms with E-state index in [9.17, 15) is 4.79 Å². The third kappa shape index (κ3) is 3.37. The fraction of sp³-hybridized carbons (Fsp3) is 0.278. The molecule has 1 N–H and O–H groups in total. The van der Waals surface area contributed by atoms with E-state index in [1.54, 1.807) is 25.3 Å². The number of ether oxygens (including phenoxy) is 4.